The largest absolute Gasteiger partial charge is 0.311 e. The summed E-state index contributed by atoms with van der Waals surface area (Å²) in [7, 11) is 4.15. The van der Waals surface area contributed by atoms with Crippen LogP contribution in [0.5, 0.6) is 0 Å². The number of likely N-dealkylation sites (tertiary alicyclic amines) is 1. The number of nitrogens with zero attached hydrogens (tertiary/aromatic N) is 3. The highest BCUT2D eigenvalue weighted by Gasteiger charge is 2.34. The second-order valence-corrected chi connectivity index (χ2v) is 10.1. The molecule has 0 radical (unpaired) electrons. The summed E-state index contributed by atoms with van der Waals surface area (Å²) >= 11 is 0. The Morgan fingerprint density at radius 2 is 1.67 bits per heavy atom. The first kappa shape index (κ1) is 22.1. The van der Waals surface area contributed by atoms with Crippen molar-refractivity contribution >= 4 is 0 Å². The molecule has 0 aliphatic carbocycles. The Bertz CT molecular complexity index is 1150. The Balaban J connectivity index is 1.33. The zero-order chi connectivity index (χ0) is 22.8. The summed E-state index contributed by atoms with van der Waals surface area (Å²) in [6.45, 7) is 5.01. The smallest absolute Gasteiger partial charge is 0.258 e. The Morgan fingerprint density at radius 1 is 0.879 bits per heavy atom. The van der Waals surface area contributed by atoms with Crippen LogP contribution in [0.1, 0.15) is 35.6 Å². The molecule has 4 heteroatoms. The van der Waals surface area contributed by atoms with Gasteiger partial charge in [0.15, 0.2) is 0 Å². The number of hydrogen-bond acceptors (Lipinski definition) is 3. The highest BCUT2D eigenvalue weighted by atomic mass is 16.1. The van der Waals surface area contributed by atoms with E-state index in [-0.39, 0.29) is 5.56 Å². The van der Waals surface area contributed by atoms with Crippen LogP contribution in [0.15, 0.2) is 71.5 Å². The summed E-state index contributed by atoms with van der Waals surface area (Å²) in [5, 5.41) is 0. The molecule has 1 fully saturated rings. The van der Waals surface area contributed by atoms with Crippen molar-refractivity contribution in [3.8, 4) is 11.1 Å². The minimum Gasteiger partial charge on any atom is -0.311 e. The molecule has 172 valence electrons. The zero-order valence-corrected chi connectivity index (χ0v) is 19.9. The number of aromatic nitrogens is 1. The van der Waals surface area contributed by atoms with Crippen molar-refractivity contribution in [1.82, 2.24) is 14.4 Å². The minimum absolute atomic E-state index is 0.186. The molecular weight excluding hydrogens is 406 g/mol. The monoisotopic (exact) mass is 441 g/mol. The molecule has 0 unspecified atom stereocenters. The lowest BCUT2D eigenvalue weighted by Gasteiger charge is -2.43. The van der Waals surface area contributed by atoms with Crippen molar-refractivity contribution in [2.75, 3.05) is 33.7 Å². The Labute approximate surface area is 197 Å². The van der Waals surface area contributed by atoms with Gasteiger partial charge >= 0.3 is 0 Å². The maximum absolute atomic E-state index is 13.6. The predicted molar refractivity (Wildman–Crippen MR) is 136 cm³/mol. The summed E-state index contributed by atoms with van der Waals surface area (Å²) in [6.07, 6.45) is 3.54. The first-order valence-electron chi connectivity index (χ1n) is 12.3. The van der Waals surface area contributed by atoms with Gasteiger partial charge in [0.25, 0.3) is 5.56 Å². The molecule has 0 N–H and O–H groups in total. The van der Waals surface area contributed by atoms with Crippen LogP contribution in [0.4, 0.5) is 0 Å². The van der Waals surface area contributed by atoms with E-state index >= 15 is 0 Å². The van der Waals surface area contributed by atoms with Crippen molar-refractivity contribution in [3.05, 3.63) is 93.9 Å². The molecule has 5 rings (SSSR count). The van der Waals surface area contributed by atoms with Gasteiger partial charge in [-0.1, -0.05) is 54.6 Å². The number of fused-ring (bicyclic) bond motifs is 4. The van der Waals surface area contributed by atoms with Crippen molar-refractivity contribution in [2.45, 2.75) is 38.3 Å². The Morgan fingerprint density at radius 3 is 2.48 bits per heavy atom. The number of piperidine rings is 1. The zero-order valence-electron chi connectivity index (χ0n) is 19.9. The van der Waals surface area contributed by atoms with E-state index < -0.39 is 0 Å². The number of pyridine rings is 1. The van der Waals surface area contributed by atoms with E-state index in [0.717, 1.165) is 50.3 Å². The second-order valence-electron chi connectivity index (χ2n) is 10.1. The van der Waals surface area contributed by atoms with E-state index in [2.05, 4.69) is 89.1 Å². The van der Waals surface area contributed by atoms with Crippen LogP contribution in [0.3, 0.4) is 0 Å². The van der Waals surface area contributed by atoms with E-state index in [1.165, 1.54) is 29.7 Å². The molecule has 0 saturated carbocycles. The van der Waals surface area contributed by atoms with E-state index in [1.807, 2.05) is 6.07 Å². The molecule has 3 heterocycles. The van der Waals surface area contributed by atoms with E-state index in [9.17, 15) is 4.79 Å². The first-order valence-corrected chi connectivity index (χ1v) is 12.3. The lowest BCUT2D eigenvalue weighted by molar-refractivity contribution is 0.119. The van der Waals surface area contributed by atoms with Crippen molar-refractivity contribution in [1.29, 1.82) is 0 Å². The van der Waals surface area contributed by atoms with Gasteiger partial charge in [-0.2, -0.15) is 0 Å². The quantitative estimate of drug-likeness (QED) is 0.535. The number of hydrogen-bond donors (Lipinski definition) is 0. The highest BCUT2D eigenvalue weighted by molar-refractivity contribution is 5.66. The van der Waals surface area contributed by atoms with Gasteiger partial charge in [0.1, 0.15) is 0 Å². The Hall–Kier alpha value is -2.69. The topological polar surface area (TPSA) is 28.5 Å². The normalized spacial score (nSPS) is 20.1. The van der Waals surface area contributed by atoms with Gasteiger partial charge in [0, 0.05) is 43.4 Å². The molecule has 2 bridgehead atoms. The van der Waals surface area contributed by atoms with Gasteiger partial charge < -0.3 is 14.4 Å². The number of rotatable bonds is 7. The van der Waals surface area contributed by atoms with Crippen LogP contribution in [0.25, 0.3) is 11.1 Å². The number of aryl methyl sites for hydroxylation is 1. The SMILES string of the molecule is CN(C)Cc1ccccc1-c1ccc2n(c1=O)C[C@H]1C[C@@H]2CN(CCCc2ccccc2)C1. The van der Waals surface area contributed by atoms with Gasteiger partial charge in [-0.05, 0) is 74.6 Å². The molecule has 0 spiro atoms. The van der Waals surface area contributed by atoms with Crippen molar-refractivity contribution in [2.24, 2.45) is 5.92 Å². The van der Waals surface area contributed by atoms with Crippen LogP contribution in [-0.2, 0) is 19.5 Å². The summed E-state index contributed by atoms with van der Waals surface area (Å²) in [6, 6.07) is 23.4. The molecule has 33 heavy (non-hydrogen) atoms. The molecule has 0 amide bonds. The summed E-state index contributed by atoms with van der Waals surface area (Å²) in [5.74, 6) is 1.03. The molecule has 2 aromatic carbocycles. The summed E-state index contributed by atoms with van der Waals surface area (Å²) in [4.78, 5) is 18.4. The third-order valence-corrected chi connectivity index (χ3v) is 7.26. The van der Waals surface area contributed by atoms with Gasteiger partial charge in [-0.3, -0.25) is 4.79 Å². The van der Waals surface area contributed by atoms with Gasteiger partial charge in [-0.15, -0.1) is 0 Å². The molecule has 3 aromatic rings. The van der Waals surface area contributed by atoms with Gasteiger partial charge in [0.05, 0.1) is 0 Å². The maximum Gasteiger partial charge on any atom is 0.258 e. The fourth-order valence-electron chi connectivity index (χ4n) is 5.85. The lowest BCUT2D eigenvalue weighted by Crippen LogP contribution is -2.47. The van der Waals surface area contributed by atoms with E-state index in [4.69, 9.17) is 0 Å². The highest BCUT2D eigenvalue weighted by Crippen LogP contribution is 2.36. The minimum atomic E-state index is 0.186. The van der Waals surface area contributed by atoms with Crippen molar-refractivity contribution in [3.63, 3.8) is 0 Å². The average Bonchev–Trinajstić information content (AvgIpc) is 2.81. The average molecular weight is 442 g/mol. The Kier molecular flexibility index (Phi) is 6.48. The fourth-order valence-corrected chi connectivity index (χ4v) is 5.85. The van der Waals surface area contributed by atoms with E-state index in [0.29, 0.717) is 11.8 Å². The summed E-state index contributed by atoms with van der Waals surface area (Å²) < 4.78 is 2.10. The first-order chi connectivity index (χ1) is 16.1. The van der Waals surface area contributed by atoms with Gasteiger partial charge in [-0.25, -0.2) is 0 Å². The molecule has 2 aliphatic heterocycles. The summed E-state index contributed by atoms with van der Waals surface area (Å²) in [5.41, 5.74) is 5.97. The predicted octanol–water partition coefficient (Wildman–Crippen LogP) is 4.63. The van der Waals surface area contributed by atoms with Crippen molar-refractivity contribution < 1.29 is 0 Å². The van der Waals surface area contributed by atoms with Crippen LogP contribution in [-0.4, -0.2) is 48.1 Å². The third-order valence-electron chi connectivity index (χ3n) is 7.26. The molecule has 4 nitrogen and oxygen atoms in total. The molecule has 2 atom stereocenters. The van der Waals surface area contributed by atoms with Crippen LogP contribution < -0.4 is 5.56 Å². The standard InChI is InChI=1S/C29H35N3O/c1-30(2)20-24-12-6-7-13-26(24)27-14-15-28-25-17-23(19-32(28)29(27)33)18-31(21-25)16-8-11-22-9-4-3-5-10-22/h3-7,9-10,12-15,23,25H,8,11,16-21H2,1-2H3/t23-,25+/m0/s1. The van der Waals surface area contributed by atoms with Crippen LogP contribution in [0, 0.1) is 5.92 Å². The second kappa shape index (κ2) is 9.66. The third kappa shape index (κ3) is 4.83. The molecule has 2 aliphatic rings. The van der Waals surface area contributed by atoms with Gasteiger partial charge in [0.2, 0.25) is 0 Å². The van der Waals surface area contributed by atoms with Crippen LogP contribution in [0.2, 0.25) is 0 Å². The number of benzene rings is 2. The lowest BCUT2D eigenvalue weighted by atomic mass is 9.82. The molecule has 1 aromatic heterocycles. The maximum atomic E-state index is 13.6. The van der Waals surface area contributed by atoms with E-state index in [1.54, 1.807) is 0 Å². The molecular formula is C29H35N3O. The fraction of sp³-hybridized carbons (Fsp3) is 0.414. The van der Waals surface area contributed by atoms with Crippen LogP contribution >= 0.6 is 0 Å². The molecule has 1 saturated heterocycles.